The van der Waals surface area contributed by atoms with Crippen LogP contribution in [0.1, 0.15) is 6.42 Å². The molecule has 0 aliphatic rings. The van der Waals surface area contributed by atoms with Gasteiger partial charge >= 0.3 is 5.97 Å². The molecule has 0 radical (unpaired) electrons. The summed E-state index contributed by atoms with van der Waals surface area (Å²) in [6.07, 6.45) is 1.49. The first-order chi connectivity index (χ1) is 10.9. The van der Waals surface area contributed by atoms with Crippen molar-refractivity contribution in [1.29, 1.82) is 0 Å². The second kappa shape index (κ2) is 8.64. The highest BCUT2D eigenvalue weighted by Gasteiger charge is 2.31. The van der Waals surface area contributed by atoms with Crippen molar-refractivity contribution in [2.45, 2.75) is 12.5 Å². The lowest BCUT2D eigenvalue weighted by molar-refractivity contribution is -0.889. The van der Waals surface area contributed by atoms with Gasteiger partial charge in [0.2, 0.25) is 0 Å². The quantitative estimate of drug-likeness (QED) is 0.307. The molecule has 1 rings (SSSR count). The second-order valence-corrected chi connectivity index (χ2v) is 4.94. The van der Waals surface area contributed by atoms with Crippen molar-refractivity contribution in [1.82, 2.24) is 0 Å². The van der Waals surface area contributed by atoms with Crippen LogP contribution in [0, 0.1) is 10.1 Å². The van der Waals surface area contributed by atoms with Crippen LogP contribution in [0.3, 0.4) is 0 Å². The number of likely N-dealkylation sites (N-methyl/N-ethyl adjacent to an activating group) is 1. The van der Waals surface area contributed by atoms with E-state index >= 15 is 0 Å². The van der Waals surface area contributed by atoms with Crippen LogP contribution in [0.25, 0.3) is 0 Å². The van der Waals surface area contributed by atoms with Gasteiger partial charge in [-0.15, -0.1) is 0 Å². The van der Waals surface area contributed by atoms with E-state index in [1.54, 1.807) is 19.2 Å². The van der Waals surface area contributed by atoms with Gasteiger partial charge in [0.05, 0.1) is 25.6 Å². The van der Waals surface area contributed by atoms with Crippen LogP contribution in [-0.4, -0.2) is 43.5 Å². The number of rotatable bonds is 8. The molecule has 8 nitrogen and oxygen atoms in total. The molecule has 1 aromatic rings. The molecule has 0 fully saturated rings. The normalized spacial score (nSPS) is 12.8. The smallest absolute Gasteiger partial charge is 0.312 e. The first kappa shape index (κ1) is 18.3. The molecule has 0 aliphatic carbocycles. The standard InChI is InChI=1S/C15H19N3O5/c1-4-9-17(2)13(10-14(19)23-3)15(20)16-11-7-5-6-8-12(11)18(21)22/h4-8,13H,1,9-10H2,2-3H3,(H,16,20)/p+1/t13-/m1/s1. The Hall–Kier alpha value is -2.74. The van der Waals surface area contributed by atoms with Gasteiger partial charge in [-0.2, -0.15) is 0 Å². The molecular formula is C15H20N3O5+. The third kappa shape index (κ3) is 5.19. The predicted octanol–water partition coefficient (Wildman–Crippen LogP) is 0.166. The van der Waals surface area contributed by atoms with E-state index in [2.05, 4.69) is 16.6 Å². The van der Waals surface area contributed by atoms with Crippen molar-refractivity contribution in [2.24, 2.45) is 0 Å². The number of nitro groups is 1. The summed E-state index contributed by atoms with van der Waals surface area (Å²) in [4.78, 5) is 35.1. The number of nitro benzene ring substituents is 1. The number of nitrogens with one attached hydrogen (secondary N) is 2. The van der Waals surface area contributed by atoms with Crippen LogP contribution in [0.5, 0.6) is 0 Å². The Bertz CT molecular complexity index is 603. The summed E-state index contributed by atoms with van der Waals surface area (Å²) in [5.74, 6) is -1.03. The van der Waals surface area contributed by atoms with E-state index < -0.39 is 22.8 Å². The molecule has 0 heterocycles. The molecule has 1 amide bonds. The number of carbonyl (C=O) groups excluding carboxylic acids is 2. The fraction of sp³-hybridized carbons (Fsp3) is 0.333. The number of nitrogens with zero attached hydrogens (tertiary/aromatic N) is 1. The molecule has 8 heteroatoms. The van der Waals surface area contributed by atoms with E-state index in [1.807, 2.05) is 0 Å². The Morgan fingerprint density at radius 2 is 2.13 bits per heavy atom. The minimum atomic E-state index is -0.750. The highest BCUT2D eigenvalue weighted by molar-refractivity contribution is 5.97. The zero-order valence-electron chi connectivity index (χ0n) is 13.1. The molecule has 124 valence electrons. The lowest BCUT2D eigenvalue weighted by Gasteiger charge is -2.22. The van der Waals surface area contributed by atoms with E-state index in [-0.39, 0.29) is 17.8 Å². The van der Waals surface area contributed by atoms with Gasteiger partial charge in [-0.05, 0) is 12.1 Å². The first-order valence-electron chi connectivity index (χ1n) is 6.95. The van der Waals surface area contributed by atoms with Crippen molar-refractivity contribution in [3.8, 4) is 0 Å². The predicted molar refractivity (Wildman–Crippen MR) is 84.1 cm³/mol. The SMILES string of the molecule is C=CC[NH+](C)[C@H](CC(=O)OC)C(=O)Nc1ccccc1[N+](=O)[O-]. The van der Waals surface area contributed by atoms with Crippen molar-refractivity contribution < 1.29 is 24.1 Å². The molecule has 23 heavy (non-hydrogen) atoms. The second-order valence-electron chi connectivity index (χ2n) is 4.94. The van der Waals surface area contributed by atoms with E-state index in [1.165, 1.54) is 25.3 Å². The summed E-state index contributed by atoms with van der Waals surface area (Å²) in [6, 6.07) is 5.08. The van der Waals surface area contributed by atoms with Crippen molar-refractivity contribution in [3.63, 3.8) is 0 Å². The highest BCUT2D eigenvalue weighted by atomic mass is 16.6. The summed E-state index contributed by atoms with van der Waals surface area (Å²) in [6.45, 7) is 4.06. The Labute approximate surface area is 133 Å². The third-order valence-electron chi connectivity index (χ3n) is 3.33. The van der Waals surface area contributed by atoms with Gasteiger partial charge < -0.3 is 15.0 Å². The van der Waals surface area contributed by atoms with Gasteiger partial charge in [0.25, 0.3) is 11.6 Å². The summed E-state index contributed by atoms with van der Waals surface area (Å²) >= 11 is 0. The topological polar surface area (TPSA) is 103 Å². The van der Waals surface area contributed by atoms with Gasteiger partial charge in [-0.25, -0.2) is 0 Å². The highest BCUT2D eigenvalue weighted by Crippen LogP contribution is 2.23. The molecule has 2 atom stereocenters. The Morgan fingerprint density at radius 1 is 1.48 bits per heavy atom. The minimum absolute atomic E-state index is 0.0868. The van der Waals surface area contributed by atoms with Gasteiger partial charge in [-0.3, -0.25) is 19.7 Å². The summed E-state index contributed by atoms with van der Waals surface area (Å²) in [5.41, 5.74) is -0.122. The molecular weight excluding hydrogens is 302 g/mol. The van der Waals surface area contributed by atoms with Gasteiger partial charge in [0.1, 0.15) is 12.1 Å². The van der Waals surface area contributed by atoms with E-state index in [4.69, 9.17) is 0 Å². The van der Waals surface area contributed by atoms with Crippen molar-refractivity contribution in [2.75, 3.05) is 26.0 Å². The van der Waals surface area contributed by atoms with Crippen LogP contribution in [0.2, 0.25) is 0 Å². The number of hydrogen-bond acceptors (Lipinski definition) is 5. The first-order valence-corrected chi connectivity index (χ1v) is 6.95. The molecule has 0 aromatic heterocycles. The van der Waals surface area contributed by atoms with Crippen LogP contribution in [0.15, 0.2) is 36.9 Å². The summed E-state index contributed by atoms with van der Waals surface area (Å²) in [7, 11) is 2.97. The fourth-order valence-corrected chi connectivity index (χ4v) is 2.07. The van der Waals surface area contributed by atoms with Crippen LogP contribution < -0.4 is 10.2 Å². The number of anilines is 1. The number of methoxy groups -OCH3 is 1. The average Bonchev–Trinajstić information content (AvgIpc) is 2.52. The maximum atomic E-state index is 12.5. The van der Waals surface area contributed by atoms with Gasteiger partial charge in [-0.1, -0.05) is 18.7 Å². The average molecular weight is 322 g/mol. The van der Waals surface area contributed by atoms with E-state index in [0.29, 0.717) is 6.54 Å². The molecule has 2 N–H and O–H groups in total. The monoisotopic (exact) mass is 322 g/mol. The van der Waals surface area contributed by atoms with E-state index in [0.717, 1.165) is 4.90 Å². The zero-order valence-corrected chi connectivity index (χ0v) is 13.1. The molecule has 0 aliphatic heterocycles. The van der Waals surface area contributed by atoms with Gasteiger partial charge in [0, 0.05) is 6.07 Å². The molecule has 1 aromatic carbocycles. The van der Waals surface area contributed by atoms with Crippen molar-refractivity contribution in [3.05, 3.63) is 47.0 Å². The van der Waals surface area contributed by atoms with Crippen LogP contribution in [-0.2, 0) is 14.3 Å². The lowest BCUT2D eigenvalue weighted by atomic mass is 10.1. The van der Waals surface area contributed by atoms with E-state index in [9.17, 15) is 19.7 Å². The minimum Gasteiger partial charge on any atom is -0.469 e. The molecule has 0 spiro atoms. The van der Waals surface area contributed by atoms with Gasteiger partial charge in [0.15, 0.2) is 6.04 Å². The summed E-state index contributed by atoms with van der Waals surface area (Å²) < 4.78 is 4.61. The lowest BCUT2D eigenvalue weighted by Crippen LogP contribution is -3.14. The Kier molecular flexibility index (Phi) is 6.88. The number of amides is 1. The summed E-state index contributed by atoms with van der Waals surface area (Å²) in [5, 5.41) is 13.5. The number of quaternary nitrogens is 1. The molecule has 0 saturated carbocycles. The van der Waals surface area contributed by atoms with Crippen LogP contribution >= 0.6 is 0 Å². The maximum Gasteiger partial charge on any atom is 0.312 e. The Morgan fingerprint density at radius 3 is 2.70 bits per heavy atom. The number of para-hydroxylation sites is 2. The molecule has 1 unspecified atom stereocenters. The number of ether oxygens (including phenoxy) is 1. The molecule has 0 bridgehead atoms. The largest absolute Gasteiger partial charge is 0.469 e. The van der Waals surface area contributed by atoms with Crippen molar-refractivity contribution >= 4 is 23.3 Å². The number of benzene rings is 1. The number of hydrogen-bond donors (Lipinski definition) is 2. The maximum absolute atomic E-state index is 12.5. The zero-order chi connectivity index (χ0) is 17.4. The van der Waals surface area contributed by atoms with Crippen LogP contribution in [0.4, 0.5) is 11.4 Å². The number of carbonyl (C=O) groups is 2. The fourth-order valence-electron chi connectivity index (χ4n) is 2.07. The third-order valence-corrected chi connectivity index (χ3v) is 3.33. The molecule has 0 saturated heterocycles. The number of esters is 1. The Balaban J connectivity index is 2.99.